The van der Waals surface area contributed by atoms with Gasteiger partial charge in [0.05, 0.1) is 0 Å². The van der Waals surface area contributed by atoms with Crippen LogP contribution in [0.3, 0.4) is 0 Å². The van der Waals surface area contributed by atoms with E-state index in [1.54, 1.807) is 0 Å². The van der Waals surface area contributed by atoms with Crippen molar-refractivity contribution < 1.29 is 0 Å². The molecule has 1 aliphatic rings. The van der Waals surface area contributed by atoms with Crippen LogP contribution in [0, 0.1) is 5.92 Å². The van der Waals surface area contributed by atoms with E-state index in [9.17, 15) is 0 Å². The largest absolute Gasteiger partial charge is 0.368 e. The molecule has 0 saturated carbocycles. The van der Waals surface area contributed by atoms with Gasteiger partial charge < -0.3 is 10.2 Å². The minimum Gasteiger partial charge on any atom is -0.368 e. The van der Waals surface area contributed by atoms with E-state index < -0.39 is 0 Å². The fourth-order valence-electron chi connectivity index (χ4n) is 2.98. The minimum atomic E-state index is 0.673. The monoisotopic (exact) mass is 246 g/mol. The van der Waals surface area contributed by atoms with Crippen LogP contribution in [-0.4, -0.2) is 19.1 Å². The summed E-state index contributed by atoms with van der Waals surface area (Å²) >= 11 is 0. The molecule has 18 heavy (non-hydrogen) atoms. The van der Waals surface area contributed by atoms with Crippen molar-refractivity contribution in [1.29, 1.82) is 0 Å². The third kappa shape index (κ3) is 3.05. The molecule has 1 heterocycles. The molecule has 0 aliphatic carbocycles. The van der Waals surface area contributed by atoms with Crippen LogP contribution in [0.15, 0.2) is 24.3 Å². The first-order valence-electron chi connectivity index (χ1n) is 7.27. The first kappa shape index (κ1) is 13.4. The second-order valence-electron chi connectivity index (χ2n) is 5.65. The number of benzene rings is 1. The fraction of sp³-hybridized carbons (Fsp3) is 0.625. The number of hydrogen-bond acceptors (Lipinski definition) is 2. The zero-order valence-corrected chi connectivity index (χ0v) is 11.9. The average Bonchev–Trinajstić information content (AvgIpc) is 2.69. The molecule has 0 spiro atoms. The van der Waals surface area contributed by atoms with Gasteiger partial charge in [0.2, 0.25) is 0 Å². The first-order chi connectivity index (χ1) is 8.72. The van der Waals surface area contributed by atoms with E-state index in [1.165, 1.54) is 30.6 Å². The van der Waals surface area contributed by atoms with E-state index in [2.05, 4.69) is 55.3 Å². The maximum absolute atomic E-state index is 3.51. The molecule has 1 aromatic carbocycles. The average molecular weight is 246 g/mol. The van der Waals surface area contributed by atoms with Crippen molar-refractivity contribution in [2.45, 2.75) is 46.2 Å². The van der Waals surface area contributed by atoms with E-state index in [0.29, 0.717) is 6.04 Å². The standard InChI is InChI=1S/C16H26N2/c1-4-9-17-11-15-7-5-6-8-16(15)18-12-13(2)10-14(18)3/h5-8,13-14,17H,4,9-12H2,1-3H3. The quantitative estimate of drug-likeness (QED) is 0.801. The highest BCUT2D eigenvalue weighted by Crippen LogP contribution is 2.31. The van der Waals surface area contributed by atoms with Gasteiger partial charge in [0, 0.05) is 24.8 Å². The summed E-state index contributed by atoms with van der Waals surface area (Å²) in [6, 6.07) is 9.52. The summed E-state index contributed by atoms with van der Waals surface area (Å²) in [4.78, 5) is 2.58. The van der Waals surface area contributed by atoms with Gasteiger partial charge in [0.15, 0.2) is 0 Å². The summed E-state index contributed by atoms with van der Waals surface area (Å²) in [5.74, 6) is 0.816. The summed E-state index contributed by atoms with van der Waals surface area (Å²) in [6.07, 6.45) is 2.51. The number of rotatable bonds is 5. The third-order valence-corrected chi connectivity index (χ3v) is 3.83. The molecule has 1 N–H and O–H groups in total. The zero-order chi connectivity index (χ0) is 13.0. The lowest BCUT2D eigenvalue weighted by atomic mass is 10.1. The Morgan fingerprint density at radius 3 is 2.72 bits per heavy atom. The van der Waals surface area contributed by atoms with Crippen LogP contribution in [0.1, 0.15) is 39.2 Å². The Kier molecular flexibility index (Phi) is 4.65. The maximum Gasteiger partial charge on any atom is 0.0414 e. The maximum atomic E-state index is 3.51. The predicted octanol–water partition coefficient (Wildman–Crippen LogP) is 3.42. The number of para-hydroxylation sites is 1. The SMILES string of the molecule is CCCNCc1ccccc1N1CC(C)CC1C. The number of hydrogen-bond donors (Lipinski definition) is 1. The molecule has 0 amide bonds. The van der Waals surface area contributed by atoms with Crippen LogP contribution in [0.5, 0.6) is 0 Å². The van der Waals surface area contributed by atoms with E-state index in [4.69, 9.17) is 0 Å². The molecule has 0 aromatic heterocycles. The third-order valence-electron chi connectivity index (χ3n) is 3.83. The molecular weight excluding hydrogens is 220 g/mol. The van der Waals surface area contributed by atoms with Crippen molar-refractivity contribution in [3.8, 4) is 0 Å². The van der Waals surface area contributed by atoms with Crippen molar-refractivity contribution >= 4 is 5.69 Å². The fourth-order valence-corrected chi connectivity index (χ4v) is 2.98. The van der Waals surface area contributed by atoms with E-state index in [-0.39, 0.29) is 0 Å². The Hall–Kier alpha value is -1.02. The Morgan fingerprint density at radius 1 is 1.28 bits per heavy atom. The summed E-state index contributed by atoms with van der Waals surface area (Å²) in [5, 5.41) is 3.51. The molecule has 0 bridgehead atoms. The Bertz CT molecular complexity index is 375. The van der Waals surface area contributed by atoms with Crippen molar-refractivity contribution in [2.75, 3.05) is 18.0 Å². The number of anilines is 1. The summed E-state index contributed by atoms with van der Waals surface area (Å²) in [5.41, 5.74) is 2.87. The lowest BCUT2D eigenvalue weighted by Crippen LogP contribution is -2.28. The van der Waals surface area contributed by atoms with Gasteiger partial charge in [-0.05, 0) is 43.9 Å². The molecule has 1 saturated heterocycles. The Labute approximate surface area is 111 Å². The van der Waals surface area contributed by atoms with Gasteiger partial charge in [-0.2, -0.15) is 0 Å². The molecule has 1 aliphatic heterocycles. The minimum absolute atomic E-state index is 0.673. The van der Waals surface area contributed by atoms with Gasteiger partial charge in [0.1, 0.15) is 0 Å². The van der Waals surface area contributed by atoms with Gasteiger partial charge in [-0.15, -0.1) is 0 Å². The van der Waals surface area contributed by atoms with Crippen molar-refractivity contribution in [3.05, 3.63) is 29.8 Å². The molecule has 2 rings (SSSR count). The predicted molar refractivity (Wildman–Crippen MR) is 79.0 cm³/mol. The Morgan fingerprint density at radius 2 is 2.06 bits per heavy atom. The zero-order valence-electron chi connectivity index (χ0n) is 11.9. The molecule has 2 nitrogen and oxygen atoms in total. The van der Waals surface area contributed by atoms with Crippen LogP contribution in [0.25, 0.3) is 0 Å². The van der Waals surface area contributed by atoms with Gasteiger partial charge >= 0.3 is 0 Å². The Balaban J connectivity index is 2.11. The number of nitrogens with zero attached hydrogens (tertiary/aromatic N) is 1. The highest BCUT2D eigenvalue weighted by molar-refractivity contribution is 5.55. The van der Waals surface area contributed by atoms with Crippen LogP contribution in [0.2, 0.25) is 0 Å². The lowest BCUT2D eigenvalue weighted by molar-refractivity contribution is 0.625. The van der Waals surface area contributed by atoms with Crippen molar-refractivity contribution in [2.24, 2.45) is 5.92 Å². The lowest BCUT2D eigenvalue weighted by Gasteiger charge is -2.26. The molecular formula is C16H26N2. The van der Waals surface area contributed by atoms with E-state index in [1.807, 2.05) is 0 Å². The number of nitrogens with one attached hydrogen (secondary N) is 1. The molecule has 100 valence electrons. The second kappa shape index (κ2) is 6.24. The molecule has 2 atom stereocenters. The second-order valence-corrected chi connectivity index (χ2v) is 5.65. The van der Waals surface area contributed by atoms with Crippen LogP contribution in [-0.2, 0) is 6.54 Å². The van der Waals surface area contributed by atoms with Gasteiger partial charge in [-0.3, -0.25) is 0 Å². The first-order valence-corrected chi connectivity index (χ1v) is 7.27. The topological polar surface area (TPSA) is 15.3 Å². The normalized spacial score (nSPS) is 23.6. The van der Waals surface area contributed by atoms with Gasteiger partial charge in [-0.25, -0.2) is 0 Å². The van der Waals surface area contributed by atoms with Gasteiger partial charge in [-0.1, -0.05) is 32.0 Å². The molecule has 1 fully saturated rings. The highest BCUT2D eigenvalue weighted by atomic mass is 15.2. The van der Waals surface area contributed by atoms with Crippen molar-refractivity contribution in [1.82, 2.24) is 5.32 Å². The summed E-state index contributed by atoms with van der Waals surface area (Å²) in [7, 11) is 0. The van der Waals surface area contributed by atoms with Crippen LogP contribution >= 0.6 is 0 Å². The summed E-state index contributed by atoms with van der Waals surface area (Å²) in [6.45, 7) is 10.2. The van der Waals surface area contributed by atoms with Crippen LogP contribution in [0.4, 0.5) is 5.69 Å². The molecule has 2 unspecified atom stereocenters. The van der Waals surface area contributed by atoms with E-state index >= 15 is 0 Å². The van der Waals surface area contributed by atoms with Crippen molar-refractivity contribution in [3.63, 3.8) is 0 Å². The molecule has 1 aromatic rings. The van der Waals surface area contributed by atoms with Crippen LogP contribution < -0.4 is 10.2 Å². The molecule has 2 heteroatoms. The van der Waals surface area contributed by atoms with E-state index in [0.717, 1.165) is 19.0 Å². The highest BCUT2D eigenvalue weighted by Gasteiger charge is 2.27. The summed E-state index contributed by atoms with van der Waals surface area (Å²) < 4.78 is 0. The molecule has 0 radical (unpaired) electrons. The van der Waals surface area contributed by atoms with Gasteiger partial charge in [0.25, 0.3) is 0 Å². The smallest absolute Gasteiger partial charge is 0.0414 e.